The number of pyridine rings is 1. The van der Waals surface area contributed by atoms with Crippen LogP contribution < -0.4 is 15.8 Å². The zero-order chi connectivity index (χ0) is 17.7. The van der Waals surface area contributed by atoms with Gasteiger partial charge in [0, 0.05) is 18.0 Å². The lowest BCUT2D eigenvalue weighted by Gasteiger charge is -2.19. The molecule has 3 N–H and O–H groups in total. The fourth-order valence-electron chi connectivity index (χ4n) is 1.87. The molecule has 1 heterocycles. The van der Waals surface area contributed by atoms with Crippen LogP contribution in [0.1, 0.15) is 26.3 Å². The van der Waals surface area contributed by atoms with Crippen molar-refractivity contribution in [2.24, 2.45) is 0 Å². The molecule has 1 aromatic heterocycles. The molecule has 0 bridgehead atoms. The van der Waals surface area contributed by atoms with E-state index in [0.717, 1.165) is 5.56 Å². The van der Waals surface area contributed by atoms with Gasteiger partial charge >= 0.3 is 6.09 Å². The fourth-order valence-corrected chi connectivity index (χ4v) is 2.02. The highest BCUT2D eigenvalue weighted by Gasteiger charge is 2.16. The van der Waals surface area contributed by atoms with Crippen LogP contribution >= 0.6 is 11.6 Å². The number of amides is 1. The minimum Gasteiger partial charge on any atom is -0.485 e. The Morgan fingerprint density at radius 2 is 2.08 bits per heavy atom. The molecule has 24 heavy (non-hydrogen) atoms. The average Bonchev–Trinajstić information content (AvgIpc) is 2.46. The lowest BCUT2D eigenvalue weighted by atomic mass is 10.2. The number of hydrogen-bond donors (Lipinski definition) is 2. The number of ether oxygens (including phenoxy) is 2. The third kappa shape index (κ3) is 5.62. The topological polar surface area (TPSA) is 86.5 Å². The Labute approximate surface area is 145 Å². The number of rotatable bonds is 4. The highest BCUT2D eigenvalue weighted by molar-refractivity contribution is 6.30. The Balaban J connectivity index is 2.00. The van der Waals surface area contributed by atoms with Crippen molar-refractivity contribution in [2.75, 3.05) is 11.1 Å². The lowest BCUT2D eigenvalue weighted by Crippen LogP contribution is -2.27. The molecule has 6 nitrogen and oxygen atoms in total. The van der Waals surface area contributed by atoms with Crippen molar-refractivity contribution in [1.29, 1.82) is 0 Å². The summed E-state index contributed by atoms with van der Waals surface area (Å²) in [5, 5.41) is 3.13. The molecule has 2 rings (SSSR count). The summed E-state index contributed by atoms with van der Waals surface area (Å²) in [6, 6.07) is 8.84. The number of nitrogens with two attached hydrogens (primary N) is 1. The van der Waals surface area contributed by atoms with E-state index in [4.69, 9.17) is 26.8 Å². The Morgan fingerprint density at radius 3 is 2.79 bits per heavy atom. The van der Waals surface area contributed by atoms with E-state index >= 15 is 0 Å². The predicted octanol–water partition coefficient (Wildman–Crippen LogP) is 4.24. The van der Waals surface area contributed by atoms with Crippen LogP contribution in [0.2, 0.25) is 5.02 Å². The van der Waals surface area contributed by atoms with E-state index < -0.39 is 11.7 Å². The third-order valence-corrected chi connectivity index (χ3v) is 3.02. The second kappa shape index (κ2) is 7.40. The molecule has 0 fully saturated rings. The molecule has 0 saturated carbocycles. The molecule has 0 unspecified atom stereocenters. The highest BCUT2D eigenvalue weighted by atomic mass is 35.5. The molecule has 0 aliphatic carbocycles. The van der Waals surface area contributed by atoms with Crippen molar-refractivity contribution in [3.05, 3.63) is 47.1 Å². The van der Waals surface area contributed by atoms with E-state index in [1.54, 1.807) is 39.0 Å². The normalized spacial score (nSPS) is 11.0. The average molecular weight is 350 g/mol. The molecule has 7 heteroatoms. The van der Waals surface area contributed by atoms with Crippen LogP contribution in [0.5, 0.6) is 5.75 Å². The maximum Gasteiger partial charge on any atom is 0.412 e. The number of nitrogens with zero attached hydrogens (tertiary/aromatic N) is 1. The van der Waals surface area contributed by atoms with Gasteiger partial charge in [0.1, 0.15) is 12.2 Å². The molecule has 0 atom stereocenters. The molecule has 2 aromatic rings. The van der Waals surface area contributed by atoms with Crippen LogP contribution in [-0.2, 0) is 11.3 Å². The number of anilines is 2. The Kier molecular flexibility index (Phi) is 5.51. The number of benzene rings is 1. The molecule has 0 aliphatic heterocycles. The first-order chi connectivity index (χ1) is 11.2. The van der Waals surface area contributed by atoms with Gasteiger partial charge < -0.3 is 15.2 Å². The van der Waals surface area contributed by atoms with E-state index in [2.05, 4.69) is 10.3 Å². The van der Waals surface area contributed by atoms with Crippen LogP contribution in [0.3, 0.4) is 0 Å². The maximum absolute atomic E-state index is 11.8. The number of halogens is 1. The van der Waals surface area contributed by atoms with Crippen molar-refractivity contribution >= 4 is 29.2 Å². The first-order valence-corrected chi connectivity index (χ1v) is 7.73. The molecule has 0 aliphatic rings. The maximum atomic E-state index is 11.8. The summed E-state index contributed by atoms with van der Waals surface area (Å²) in [5.41, 5.74) is 6.65. The molecule has 128 valence electrons. The van der Waals surface area contributed by atoms with Crippen LogP contribution in [0.15, 0.2) is 36.5 Å². The van der Waals surface area contributed by atoms with E-state index in [-0.39, 0.29) is 12.4 Å². The van der Waals surface area contributed by atoms with Crippen molar-refractivity contribution in [3.8, 4) is 5.75 Å². The van der Waals surface area contributed by atoms with E-state index in [1.807, 2.05) is 12.1 Å². The highest BCUT2D eigenvalue weighted by Crippen LogP contribution is 2.24. The van der Waals surface area contributed by atoms with Gasteiger partial charge in [-0.2, -0.15) is 0 Å². The second-order valence-electron chi connectivity index (χ2n) is 6.15. The first kappa shape index (κ1) is 17.9. The zero-order valence-electron chi connectivity index (χ0n) is 13.8. The van der Waals surface area contributed by atoms with E-state index in [0.29, 0.717) is 16.5 Å². The van der Waals surface area contributed by atoms with Gasteiger partial charge in [-0.05, 0) is 38.5 Å². The van der Waals surface area contributed by atoms with Crippen LogP contribution in [-0.4, -0.2) is 16.7 Å². The minimum absolute atomic E-state index is 0.260. The molecule has 0 radical (unpaired) electrons. The Morgan fingerprint density at radius 1 is 1.33 bits per heavy atom. The number of hydrogen-bond acceptors (Lipinski definition) is 5. The summed E-state index contributed by atoms with van der Waals surface area (Å²) in [6.45, 7) is 5.68. The van der Waals surface area contributed by atoms with Crippen molar-refractivity contribution in [1.82, 2.24) is 4.98 Å². The molecular weight excluding hydrogens is 330 g/mol. The van der Waals surface area contributed by atoms with Gasteiger partial charge in [-0.1, -0.05) is 23.7 Å². The minimum atomic E-state index is -0.554. The standard InChI is InChI=1S/C17H20ClN3O3/c1-17(2,3)24-16(22)21-13-6-4-5-11(7-13)10-23-14-8-12(18)9-20-15(14)19/h4-9H,10H2,1-3H3,(H2,19,20)(H,21,22). The van der Waals surface area contributed by atoms with Gasteiger partial charge in [0.15, 0.2) is 11.6 Å². The van der Waals surface area contributed by atoms with Crippen molar-refractivity contribution in [3.63, 3.8) is 0 Å². The number of aromatic nitrogens is 1. The number of nitrogen functional groups attached to an aromatic ring is 1. The SMILES string of the molecule is CC(C)(C)OC(=O)Nc1cccc(COc2cc(Cl)cnc2N)c1. The summed E-state index contributed by atoms with van der Waals surface area (Å²) in [6.07, 6.45) is 0.943. The summed E-state index contributed by atoms with van der Waals surface area (Å²) >= 11 is 5.87. The smallest absolute Gasteiger partial charge is 0.412 e. The third-order valence-electron chi connectivity index (χ3n) is 2.82. The molecule has 1 amide bonds. The second-order valence-corrected chi connectivity index (χ2v) is 6.59. The van der Waals surface area contributed by atoms with Gasteiger partial charge in [-0.3, -0.25) is 5.32 Å². The predicted molar refractivity (Wildman–Crippen MR) is 94.3 cm³/mol. The largest absolute Gasteiger partial charge is 0.485 e. The monoisotopic (exact) mass is 349 g/mol. The van der Waals surface area contributed by atoms with Gasteiger partial charge in [0.25, 0.3) is 0 Å². The zero-order valence-corrected chi connectivity index (χ0v) is 14.6. The summed E-state index contributed by atoms with van der Waals surface area (Å²) in [5.74, 6) is 0.676. The summed E-state index contributed by atoms with van der Waals surface area (Å²) in [4.78, 5) is 15.7. The first-order valence-electron chi connectivity index (χ1n) is 7.36. The molecule has 1 aromatic carbocycles. The fraction of sp³-hybridized carbons (Fsp3) is 0.294. The number of nitrogens with one attached hydrogen (secondary N) is 1. The number of carbonyl (C=O) groups excluding carboxylic acids is 1. The lowest BCUT2D eigenvalue weighted by molar-refractivity contribution is 0.0636. The van der Waals surface area contributed by atoms with Gasteiger partial charge in [-0.25, -0.2) is 9.78 Å². The molecule has 0 saturated heterocycles. The Bertz CT molecular complexity index is 729. The van der Waals surface area contributed by atoms with E-state index in [1.165, 1.54) is 6.20 Å². The molecule has 0 spiro atoms. The van der Waals surface area contributed by atoms with Crippen LogP contribution in [0.4, 0.5) is 16.3 Å². The summed E-state index contributed by atoms with van der Waals surface area (Å²) < 4.78 is 10.8. The van der Waals surface area contributed by atoms with Gasteiger partial charge in [-0.15, -0.1) is 0 Å². The van der Waals surface area contributed by atoms with Crippen molar-refractivity contribution in [2.45, 2.75) is 33.0 Å². The van der Waals surface area contributed by atoms with Gasteiger partial charge in [0.2, 0.25) is 0 Å². The molecular formula is C17H20ClN3O3. The summed E-state index contributed by atoms with van der Waals surface area (Å²) in [7, 11) is 0. The van der Waals surface area contributed by atoms with Crippen LogP contribution in [0, 0.1) is 0 Å². The van der Waals surface area contributed by atoms with Crippen LogP contribution in [0.25, 0.3) is 0 Å². The quantitative estimate of drug-likeness (QED) is 0.861. The van der Waals surface area contributed by atoms with Gasteiger partial charge in [0.05, 0.1) is 5.02 Å². The number of carbonyl (C=O) groups is 1. The Hall–Kier alpha value is -2.47. The van der Waals surface area contributed by atoms with E-state index in [9.17, 15) is 4.79 Å². The van der Waals surface area contributed by atoms with Crippen molar-refractivity contribution < 1.29 is 14.3 Å².